The maximum atomic E-state index is 13.0. The van der Waals surface area contributed by atoms with Crippen LogP contribution < -0.4 is 40.0 Å². The molecule has 0 aromatic carbocycles. The second kappa shape index (κ2) is 10.0. The van der Waals surface area contributed by atoms with Crippen LogP contribution in [0.2, 0.25) is 0 Å². The van der Waals surface area contributed by atoms with Gasteiger partial charge >= 0.3 is 35.5 Å². The summed E-state index contributed by atoms with van der Waals surface area (Å²) in [7, 11) is 1.38. The number of carboxylic acids is 1. The summed E-state index contributed by atoms with van der Waals surface area (Å²) in [6.07, 6.45) is 1.35. The predicted octanol–water partition coefficient (Wildman–Crippen LogP) is -4.19. The molecule has 2 amide bonds. The Bertz CT molecular complexity index is 872. The third-order valence-corrected chi connectivity index (χ3v) is 5.98. The van der Waals surface area contributed by atoms with E-state index in [0.29, 0.717) is 5.76 Å². The van der Waals surface area contributed by atoms with Gasteiger partial charge in [0.05, 0.1) is 31.0 Å². The van der Waals surface area contributed by atoms with Crippen molar-refractivity contribution in [1.82, 2.24) is 10.2 Å². The fourth-order valence-corrected chi connectivity index (χ4v) is 4.79. The zero-order valence-electron chi connectivity index (χ0n) is 16.8. The molecule has 1 saturated heterocycles. The Balaban J connectivity index is 0.00000320. The van der Waals surface area contributed by atoms with Gasteiger partial charge in [-0.15, -0.1) is 11.8 Å². The van der Waals surface area contributed by atoms with Crippen LogP contribution in [0.4, 0.5) is 0 Å². The number of β-lactam (4-membered cyclic amide) rings is 1. The van der Waals surface area contributed by atoms with Crippen LogP contribution in [0, 0.1) is 0 Å². The fourth-order valence-electron chi connectivity index (χ4n) is 3.35. The number of nitrogens with one attached hydrogen (secondary N) is 1. The molecule has 3 rings (SSSR count). The van der Waals surface area contributed by atoms with Crippen molar-refractivity contribution in [1.29, 1.82) is 0 Å². The number of rotatable bonds is 8. The van der Waals surface area contributed by atoms with Crippen LogP contribution in [-0.4, -0.2) is 65.6 Å². The summed E-state index contributed by atoms with van der Waals surface area (Å²) >= 11 is 1.24. The Morgan fingerprint density at radius 1 is 1.43 bits per heavy atom. The molecule has 0 bridgehead atoms. The van der Waals surface area contributed by atoms with Crippen molar-refractivity contribution in [3.8, 4) is 0 Å². The fraction of sp³-hybridized carbons (Fsp3) is 0.444. The molecule has 2 aliphatic heterocycles. The minimum atomic E-state index is -1.56. The van der Waals surface area contributed by atoms with Crippen molar-refractivity contribution in [2.75, 3.05) is 26.1 Å². The van der Waals surface area contributed by atoms with Crippen molar-refractivity contribution in [2.45, 2.75) is 24.3 Å². The maximum Gasteiger partial charge on any atom is 1.00 e. The average molecular weight is 446 g/mol. The summed E-state index contributed by atoms with van der Waals surface area (Å²) < 4.78 is 15.2. The van der Waals surface area contributed by atoms with Gasteiger partial charge in [0, 0.05) is 25.4 Å². The number of furan rings is 1. The van der Waals surface area contributed by atoms with Gasteiger partial charge < -0.3 is 29.1 Å². The Hall–Kier alpha value is -1.79. The molecule has 1 aromatic rings. The third kappa shape index (κ3) is 4.59. The average Bonchev–Trinajstić information content (AvgIpc) is 3.17. The largest absolute Gasteiger partial charge is 1.00 e. The number of thioether (sulfide) groups is 1. The molecular formula is C18H19N2NaO8S. The number of carbonyl (C=O) groups is 4. The molecule has 2 atom stereocenters. The number of fused-ring (bicyclic) bond motifs is 1. The quantitative estimate of drug-likeness (QED) is 0.239. The number of ether oxygens (including phenoxy) is 2. The molecule has 0 aliphatic carbocycles. The SMILES string of the molecule is COC[C@@]1(NC(=O)Cc2ccco2)C(=O)N2C(C(=O)[O-])=C(COC(C)=O)CS[C@@H]21.[Na+]. The van der Waals surface area contributed by atoms with E-state index in [1.807, 2.05) is 0 Å². The Labute approximate surface area is 198 Å². The van der Waals surface area contributed by atoms with Crippen LogP contribution in [0.3, 0.4) is 0 Å². The number of methoxy groups -OCH3 is 1. The minimum absolute atomic E-state index is 0. The van der Waals surface area contributed by atoms with Gasteiger partial charge in [-0.2, -0.15) is 0 Å². The monoisotopic (exact) mass is 446 g/mol. The molecular weight excluding hydrogens is 427 g/mol. The summed E-state index contributed by atoms with van der Waals surface area (Å²) in [5.41, 5.74) is -1.51. The Kier molecular flexibility index (Phi) is 8.17. The zero-order chi connectivity index (χ0) is 21.2. The molecule has 1 aromatic heterocycles. The molecule has 2 aliphatic rings. The normalized spacial score (nSPS) is 22.5. The molecule has 12 heteroatoms. The third-order valence-electron chi connectivity index (χ3n) is 4.54. The Morgan fingerprint density at radius 2 is 2.17 bits per heavy atom. The van der Waals surface area contributed by atoms with Gasteiger partial charge in [0.15, 0.2) is 5.54 Å². The summed E-state index contributed by atoms with van der Waals surface area (Å²) in [5, 5.41) is 13.7. The summed E-state index contributed by atoms with van der Waals surface area (Å²) in [6, 6.07) is 3.27. The summed E-state index contributed by atoms with van der Waals surface area (Å²) in [5.74, 6) is -2.62. The molecule has 0 unspecified atom stereocenters. The van der Waals surface area contributed by atoms with Gasteiger partial charge in [-0.05, 0) is 12.1 Å². The number of hydrogen-bond acceptors (Lipinski definition) is 9. The molecule has 0 radical (unpaired) electrons. The number of esters is 1. The first-order valence-electron chi connectivity index (χ1n) is 8.64. The van der Waals surface area contributed by atoms with Crippen molar-refractivity contribution < 1.29 is 67.7 Å². The predicted molar refractivity (Wildman–Crippen MR) is 96.9 cm³/mol. The number of hydrogen-bond donors (Lipinski definition) is 1. The van der Waals surface area contributed by atoms with Crippen LogP contribution in [0.15, 0.2) is 34.1 Å². The minimum Gasteiger partial charge on any atom is -0.543 e. The van der Waals surface area contributed by atoms with E-state index in [9.17, 15) is 24.3 Å². The molecule has 1 N–H and O–H groups in total. The van der Waals surface area contributed by atoms with Gasteiger partial charge in [-0.1, -0.05) is 0 Å². The van der Waals surface area contributed by atoms with Gasteiger partial charge in [0.25, 0.3) is 5.91 Å². The van der Waals surface area contributed by atoms with E-state index in [2.05, 4.69) is 5.32 Å². The molecule has 1 fully saturated rings. The van der Waals surface area contributed by atoms with Crippen LogP contribution >= 0.6 is 11.8 Å². The van der Waals surface area contributed by atoms with Gasteiger partial charge in [0.1, 0.15) is 17.7 Å². The van der Waals surface area contributed by atoms with E-state index in [1.54, 1.807) is 12.1 Å². The number of carbonyl (C=O) groups excluding carboxylic acids is 4. The molecule has 0 spiro atoms. The van der Waals surface area contributed by atoms with E-state index < -0.39 is 34.7 Å². The molecule has 3 heterocycles. The molecule has 156 valence electrons. The first kappa shape index (κ1) is 24.5. The first-order chi connectivity index (χ1) is 13.8. The second-order valence-corrected chi connectivity index (χ2v) is 7.64. The van der Waals surface area contributed by atoms with Crippen LogP contribution in [-0.2, 0) is 35.1 Å². The smallest absolute Gasteiger partial charge is 0.543 e. The van der Waals surface area contributed by atoms with E-state index in [4.69, 9.17) is 13.9 Å². The van der Waals surface area contributed by atoms with Crippen LogP contribution in [0.5, 0.6) is 0 Å². The summed E-state index contributed by atoms with van der Waals surface area (Å²) in [4.78, 5) is 49.3. The number of amides is 2. The van der Waals surface area contributed by atoms with Crippen molar-refractivity contribution in [3.63, 3.8) is 0 Å². The molecule has 30 heavy (non-hydrogen) atoms. The van der Waals surface area contributed by atoms with Crippen molar-refractivity contribution in [3.05, 3.63) is 35.4 Å². The van der Waals surface area contributed by atoms with E-state index >= 15 is 0 Å². The molecule has 0 saturated carbocycles. The van der Waals surface area contributed by atoms with Gasteiger partial charge in [-0.3, -0.25) is 19.3 Å². The number of carboxylic acid groups (broad SMARTS) is 1. The molecule has 10 nitrogen and oxygen atoms in total. The van der Waals surface area contributed by atoms with Crippen molar-refractivity contribution in [2.24, 2.45) is 0 Å². The van der Waals surface area contributed by atoms with E-state index in [0.717, 1.165) is 4.90 Å². The second-order valence-electron chi connectivity index (χ2n) is 6.57. The standard InChI is InChI=1S/C18H20N2O8S.Na/c1-10(21)28-7-11-8-29-17-18(9-26-2,16(25)20(17)14(11)15(23)24)19-13(22)6-12-4-3-5-27-12;/h3-5,17H,6-9H2,1-2H3,(H,19,22)(H,23,24);/q;+1/p-1/t17-,18-;/m1./s1. The van der Waals surface area contributed by atoms with Gasteiger partial charge in [0.2, 0.25) is 5.91 Å². The first-order valence-corrected chi connectivity index (χ1v) is 9.69. The van der Waals surface area contributed by atoms with Gasteiger partial charge in [-0.25, -0.2) is 0 Å². The maximum absolute atomic E-state index is 13.0. The van der Waals surface area contributed by atoms with Crippen molar-refractivity contribution >= 4 is 35.5 Å². The van der Waals surface area contributed by atoms with E-state index in [-0.39, 0.29) is 66.2 Å². The topological polar surface area (TPSA) is 138 Å². The number of nitrogens with zero attached hydrogens (tertiary/aromatic N) is 1. The number of aliphatic carboxylic acids is 1. The van der Waals surface area contributed by atoms with E-state index in [1.165, 1.54) is 32.1 Å². The van der Waals surface area contributed by atoms with Crippen LogP contribution in [0.25, 0.3) is 0 Å². The van der Waals surface area contributed by atoms with Crippen LogP contribution in [0.1, 0.15) is 12.7 Å². The summed E-state index contributed by atoms with van der Waals surface area (Å²) in [6.45, 7) is 0.804. The Morgan fingerprint density at radius 3 is 2.73 bits per heavy atom. The zero-order valence-corrected chi connectivity index (χ0v) is 19.6.